The van der Waals surface area contributed by atoms with Crippen LogP contribution in [-0.4, -0.2) is 58.7 Å². The zero-order chi connectivity index (χ0) is 21.8. The summed E-state index contributed by atoms with van der Waals surface area (Å²) in [6.07, 6.45) is 4.09. The van der Waals surface area contributed by atoms with Crippen molar-refractivity contribution >= 4 is 27.3 Å². The van der Waals surface area contributed by atoms with Gasteiger partial charge < -0.3 is 9.64 Å². The lowest BCUT2D eigenvalue weighted by Crippen LogP contribution is -2.58. The molecule has 0 aromatic heterocycles. The molecule has 31 heavy (non-hydrogen) atoms. The number of piperazine rings is 1. The second kappa shape index (κ2) is 9.77. The molecule has 168 valence electrons. The molecule has 1 aliphatic heterocycles. The molecule has 0 amide bonds. The van der Waals surface area contributed by atoms with E-state index >= 15 is 0 Å². The van der Waals surface area contributed by atoms with Crippen molar-refractivity contribution in [2.75, 3.05) is 38.2 Å². The Hall–Kier alpha value is -1.80. The van der Waals surface area contributed by atoms with Crippen LogP contribution in [0.5, 0.6) is 5.75 Å². The number of methoxy groups -OCH3 is 1. The number of sulfonamides is 1. The quantitative estimate of drug-likeness (QED) is 0.706. The number of nitrogens with one attached hydrogen (secondary N) is 1. The number of benzene rings is 2. The summed E-state index contributed by atoms with van der Waals surface area (Å²) in [5, 5.41) is 0.532. The topological polar surface area (TPSA) is 61.9 Å². The van der Waals surface area contributed by atoms with Gasteiger partial charge in [0.15, 0.2) is 0 Å². The van der Waals surface area contributed by atoms with Crippen molar-refractivity contribution in [2.24, 2.45) is 0 Å². The number of hydrogen-bond acceptors (Lipinski definition) is 5. The van der Waals surface area contributed by atoms with E-state index in [2.05, 4.69) is 26.7 Å². The lowest BCUT2D eigenvalue weighted by molar-refractivity contribution is 0.124. The highest BCUT2D eigenvalue weighted by molar-refractivity contribution is 7.89. The van der Waals surface area contributed by atoms with Gasteiger partial charge >= 0.3 is 0 Å². The number of ether oxygens (including phenoxy) is 1. The summed E-state index contributed by atoms with van der Waals surface area (Å²) in [5.41, 5.74) is 1.20. The van der Waals surface area contributed by atoms with Gasteiger partial charge in [0.2, 0.25) is 10.0 Å². The van der Waals surface area contributed by atoms with Crippen LogP contribution >= 0.6 is 11.6 Å². The van der Waals surface area contributed by atoms with E-state index in [0.717, 1.165) is 57.6 Å². The summed E-state index contributed by atoms with van der Waals surface area (Å²) < 4.78 is 34.1. The molecule has 0 radical (unpaired) electrons. The normalized spacial score (nSPS) is 23.0. The Morgan fingerprint density at radius 3 is 2.23 bits per heavy atom. The van der Waals surface area contributed by atoms with E-state index in [9.17, 15) is 8.42 Å². The van der Waals surface area contributed by atoms with Gasteiger partial charge in [0.1, 0.15) is 5.75 Å². The molecule has 1 saturated heterocycles. The van der Waals surface area contributed by atoms with Gasteiger partial charge in [-0.15, -0.1) is 0 Å². The predicted octanol–water partition coefficient (Wildman–Crippen LogP) is 3.76. The Labute approximate surface area is 190 Å². The summed E-state index contributed by atoms with van der Waals surface area (Å²) in [5.74, 6) is 0.861. The van der Waals surface area contributed by atoms with E-state index in [4.69, 9.17) is 16.3 Å². The van der Waals surface area contributed by atoms with E-state index in [0.29, 0.717) is 5.02 Å². The van der Waals surface area contributed by atoms with Crippen LogP contribution in [0.2, 0.25) is 5.02 Å². The van der Waals surface area contributed by atoms with Crippen LogP contribution in [0.3, 0.4) is 0 Å². The molecule has 6 nitrogen and oxygen atoms in total. The average Bonchev–Trinajstić information content (AvgIpc) is 2.80. The number of halogens is 1. The molecule has 0 spiro atoms. The van der Waals surface area contributed by atoms with Crippen LogP contribution in [0.1, 0.15) is 25.7 Å². The van der Waals surface area contributed by atoms with Crippen molar-refractivity contribution in [3.8, 4) is 5.75 Å². The lowest BCUT2D eigenvalue weighted by Gasteiger charge is -2.44. The molecule has 1 N–H and O–H groups in total. The summed E-state index contributed by atoms with van der Waals surface area (Å²) in [6.45, 7) is 3.71. The molecule has 2 aromatic carbocycles. The monoisotopic (exact) mass is 463 g/mol. The standard InChI is InChI=1S/C23H30ClN3O3S/c1-30-20-10-8-19(9-11-20)26-14-16-27(17-15-26)23-5-3-2-4-22(23)25-31(28,29)21-12-6-18(24)7-13-21/h6-13,22-23,25H,2-5,14-17H2,1H3/t22-,23+/m0/s1. The van der Waals surface area contributed by atoms with Crippen molar-refractivity contribution < 1.29 is 13.2 Å². The molecule has 4 rings (SSSR count). The molecule has 2 atom stereocenters. The highest BCUT2D eigenvalue weighted by Gasteiger charge is 2.34. The lowest BCUT2D eigenvalue weighted by atomic mass is 9.89. The van der Waals surface area contributed by atoms with Gasteiger partial charge in [-0.1, -0.05) is 24.4 Å². The average molecular weight is 464 g/mol. The molecule has 2 aliphatic rings. The van der Waals surface area contributed by atoms with E-state index in [1.165, 1.54) is 5.69 Å². The molecule has 8 heteroatoms. The predicted molar refractivity (Wildman–Crippen MR) is 125 cm³/mol. The highest BCUT2D eigenvalue weighted by atomic mass is 35.5. The van der Waals surface area contributed by atoms with Crippen LogP contribution in [0.15, 0.2) is 53.4 Å². The van der Waals surface area contributed by atoms with E-state index in [1.807, 2.05) is 12.1 Å². The van der Waals surface area contributed by atoms with Gasteiger partial charge in [0, 0.05) is 49.0 Å². The number of anilines is 1. The minimum atomic E-state index is -3.57. The smallest absolute Gasteiger partial charge is 0.240 e. The minimum Gasteiger partial charge on any atom is -0.497 e. The fourth-order valence-electron chi connectivity index (χ4n) is 4.67. The van der Waals surface area contributed by atoms with Crippen LogP contribution in [0, 0.1) is 0 Å². The van der Waals surface area contributed by atoms with Crippen LogP contribution in [0.4, 0.5) is 5.69 Å². The number of rotatable bonds is 6. The first kappa shape index (κ1) is 22.4. The molecular weight excluding hydrogens is 434 g/mol. The first-order chi connectivity index (χ1) is 15.0. The van der Waals surface area contributed by atoms with E-state index < -0.39 is 10.0 Å². The summed E-state index contributed by atoms with van der Waals surface area (Å²) in [4.78, 5) is 5.12. The number of nitrogens with zero attached hydrogens (tertiary/aromatic N) is 2. The van der Waals surface area contributed by atoms with Crippen molar-refractivity contribution in [1.29, 1.82) is 0 Å². The highest BCUT2D eigenvalue weighted by Crippen LogP contribution is 2.27. The van der Waals surface area contributed by atoms with Crippen molar-refractivity contribution in [3.05, 3.63) is 53.6 Å². The van der Waals surface area contributed by atoms with Crippen LogP contribution in [-0.2, 0) is 10.0 Å². The summed E-state index contributed by atoms with van der Waals surface area (Å²) in [6, 6.07) is 14.7. The Kier molecular flexibility index (Phi) is 7.06. The largest absolute Gasteiger partial charge is 0.497 e. The summed E-state index contributed by atoms with van der Waals surface area (Å²) in [7, 11) is -1.89. The zero-order valence-corrected chi connectivity index (χ0v) is 19.4. The number of hydrogen-bond donors (Lipinski definition) is 1. The Bertz CT molecular complexity index is 959. The maximum atomic E-state index is 12.9. The second-order valence-electron chi connectivity index (χ2n) is 8.25. The van der Waals surface area contributed by atoms with Crippen LogP contribution < -0.4 is 14.4 Å². The molecular formula is C23H30ClN3O3S. The maximum absolute atomic E-state index is 12.9. The van der Waals surface area contributed by atoms with Gasteiger partial charge in [-0.25, -0.2) is 13.1 Å². The first-order valence-electron chi connectivity index (χ1n) is 10.9. The third-order valence-electron chi connectivity index (χ3n) is 6.38. The Morgan fingerprint density at radius 1 is 0.935 bits per heavy atom. The Morgan fingerprint density at radius 2 is 1.58 bits per heavy atom. The fourth-order valence-corrected chi connectivity index (χ4v) is 6.10. The summed E-state index contributed by atoms with van der Waals surface area (Å²) >= 11 is 5.92. The third kappa shape index (κ3) is 5.34. The van der Waals surface area contributed by atoms with E-state index in [-0.39, 0.29) is 17.0 Å². The second-order valence-corrected chi connectivity index (χ2v) is 10.4. The molecule has 2 aromatic rings. The van der Waals surface area contributed by atoms with Gasteiger partial charge in [-0.3, -0.25) is 4.90 Å². The molecule has 2 fully saturated rings. The molecule has 0 unspecified atom stereocenters. The van der Waals surface area contributed by atoms with Crippen molar-refractivity contribution in [3.63, 3.8) is 0 Å². The minimum absolute atomic E-state index is 0.0676. The molecule has 0 bridgehead atoms. The Balaban J connectivity index is 1.40. The molecule has 1 heterocycles. The van der Waals surface area contributed by atoms with Gasteiger partial charge in [0.25, 0.3) is 0 Å². The molecule has 1 aliphatic carbocycles. The van der Waals surface area contributed by atoms with Gasteiger partial charge in [-0.2, -0.15) is 0 Å². The maximum Gasteiger partial charge on any atom is 0.240 e. The van der Waals surface area contributed by atoms with Crippen molar-refractivity contribution in [1.82, 2.24) is 9.62 Å². The van der Waals surface area contributed by atoms with Crippen LogP contribution in [0.25, 0.3) is 0 Å². The van der Waals surface area contributed by atoms with E-state index in [1.54, 1.807) is 31.4 Å². The zero-order valence-electron chi connectivity index (χ0n) is 17.8. The SMILES string of the molecule is COc1ccc(N2CCN([C@@H]3CCCC[C@@H]3NS(=O)(=O)c3ccc(Cl)cc3)CC2)cc1. The van der Waals surface area contributed by atoms with Crippen molar-refractivity contribution in [2.45, 2.75) is 42.7 Å². The van der Waals surface area contributed by atoms with Gasteiger partial charge in [0.05, 0.1) is 12.0 Å². The third-order valence-corrected chi connectivity index (χ3v) is 8.14. The first-order valence-corrected chi connectivity index (χ1v) is 12.7. The molecule has 1 saturated carbocycles. The van der Waals surface area contributed by atoms with Gasteiger partial charge in [-0.05, 0) is 61.4 Å². The fraction of sp³-hybridized carbons (Fsp3) is 0.478.